The minimum absolute atomic E-state index is 0.0212. The number of carbonyl (C=O) groups is 3. The fraction of sp³-hybridized carbons (Fsp3) is 0.567. The van der Waals surface area contributed by atoms with Crippen LogP contribution in [0.5, 0.6) is 5.75 Å². The van der Waals surface area contributed by atoms with E-state index in [1.807, 2.05) is 12.1 Å². The van der Waals surface area contributed by atoms with Crippen molar-refractivity contribution in [3.05, 3.63) is 49.6 Å². The minimum atomic E-state index is -0.744. The predicted molar refractivity (Wildman–Crippen MR) is 161 cm³/mol. The summed E-state index contributed by atoms with van der Waals surface area (Å²) in [5, 5.41) is 9.01. The Morgan fingerprint density at radius 1 is 1.20 bits per heavy atom. The zero-order valence-electron chi connectivity index (χ0n) is 23.0. The minimum Gasteiger partial charge on any atom is -0.497 e. The molecule has 0 aliphatic carbocycles. The molecule has 2 bridgehead atoms. The number of esters is 1. The van der Waals surface area contributed by atoms with E-state index in [0.29, 0.717) is 43.7 Å². The third-order valence-electron chi connectivity index (χ3n) is 8.13. The van der Waals surface area contributed by atoms with Crippen molar-refractivity contribution in [2.45, 2.75) is 59.4 Å². The summed E-state index contributed by atoms with van der Waals surface area (Å²) in [6.07, 6.45) is 7.62. The van der Waals surface area contributed by atoms with Crippen molar-refractivity contribution in [2.75, 3.05) is 38.3 Å². The van der Waals surface area contributed by atoms with Gasteiger partial charge in [-0.15, -0.1) is 24.9 Å². The molecule has 3 unspecified atom stereocenters. The number of anilines is 1. The highest BCUT2D eigenvalue weighted by molar-refractivity contribution is 9.09. The van der Waals surface area contributed by atoms with Gasteiger partial charge >= 0.3 is 5.97 Å². The zero-order valence-corrected chi connectivity index (χ0v) is 25.4. The first-order valence-electron chi connectivity index (χ1n) is 13.9. The van der Waals surface area contributed by atoms with Gasteiger partial charge in [-0.05, 0) is 49.9 Å². The van der Waals surface area contributed by atoms with Gasteiger partial charge in [0, 0.05) is 35.5 Å². The fourth-order valence-electron chi connectivity index (χ4n) is 6.37. The van der Waals surface area contributed by atoms with Gasteiger partial charge in [-0.25, -0.2) is 0 Å². The number of aliphatic hydroxyl groups is 1. The summed E-state index contributed by atoms with van der Waals surface area (Å²) in [7, 11) is 1.59. The van der Waals surface area contributed by atoms with Crippen molar-refractivity contribution < 1.29 is 29.0 Å². The molecule has 3 heterocycles. The number of alkyl halides is 1. The van der Waals surface area contributed by atoms with Crippen molar-refractivity contribution in [3.8, 4) is 5.75 Å². The predicted octanol–water partition coefficient (Wildman–Crippen LogP) is 4.35. The summed E-state index contributed by atoms with van der Waals surface area (Å²) in [5.74, 6) is -1.26. The summed E-state index contributed by atoms with van der Waals surface area (Å²) in [6.45, 7) is 8.61. The Bertz CT molecular complexity index is 1100. The van der Waals surface area contributed by atoms with E-state index >= 15 is 0 Å². The normalized spacial score (nSPS) is 28.3. The van der Waals surface area contributed by atoms with E-state index in [1.54, 1.807) is 53.0 Å². The van der Waals surface area contributed by atoms with E-state index in [0.717, 1.165) is 12.8 Å². The Labute approximate surface area is 249 Å². The number of aliphatic hydroxyl groups excluding tert-OH is 1. The van der Waals surface area contributed by atoms with Gasteiger partial charge < -0.3 is 24.4 Å². The molecule has 3 fully saturated rings. The van der Waals surface area contributed by atoms with Gasteiger partial charge in [-0.1, -0.05) is 40.9 Å². The van der Waals surface area contributed by atoms with E-state index in [1.165, 1.54) is 0 Å². The highest BCUT2D eigenvalue weighted by atomic mass is 79.9. The highest BCUT2D eigenvalue weighted by Gasteiger charge is 2.76. The maximum absolute atomic E-state index is 14.6. The molecule has 10 heteroatoms. The molecule has 8 nitrogen and oxygen atoms in total. The molecule has 3 aliphatic rings. The molecule has 3 saturated heterocycles. The Balaban J connectivity index is 1.70. The van der Waals surface area contributed by atoms with Crippen molar-refractivity contribution in [3.63, 3.8) is 0 Å². The van der Waals surface area contributed by atoms with Gasteiger partial charge in [0.05, 0.1) is 30.3 Å². The fourth-order valence-corrected chi connectivity index (χ4v) is 9.96. The molecule has 6 atom stereocenters. The molecular formula is C30H39BrN2O6S. The third kappa shape index (κ3) is 5.72. The topological polar surface area (TPSA) is 96.4 Å². The number of benzene rings is 1. The van der Waals surface area contributed by atoms with Crippen LogP contribution in [0.15, 0.2) is 49.6 Å². The van der Waals surface area contributed by atoms with Crippen LogP contribution in [0, 0.1) is 11.8 Å². The number of rotatable bonds is 15. The van der Waals surface area contributed by atoms with Crippen molar-refractivity contribution in [1.82, 2.24) is 4.90 Å². The smallest absolute Gasteiger partial charge is 0.310 e. The van der Waals surface area contributed by atoms with Crippen molar-refractivity contribution in [1.29, 1.82) is 0 Å². The third-order valence-corrected chi connectivity index (χ3v) is 11.4. The van der Waals surface area contributed by atoms with Gasteiger partial charge in [0.2, 0.25) is 5.91 Å². The van der Waals surface area contributed by atoms with Crippen LogP contribution in [-0.4, -0.2) is 82.1 Å². The molecular weight excluding hydrogens is 596 g/mol. The Morgan fingerprint density at radius 2 is 1.93 bits per heavy atom. The molecule has 1 spiro atoms. The number of hydrogen-bond acceptors (Lipinski definition) is 7. The van der Waals surface area contributed by atoms with Crippen LogP contribution in [-0.2, 0) is 19.1 Å². The van der Waals surface area contributed by atoms with Crippen LogP contribution in [0.4, 0.5) is 5.69 Å². The number of carbonyl (C=O) groups excluding carboxylic acids is 3. The first-order chi connectivity index (χ1) is 19.3. The van der Waals surface area contributed by atoms with E-state index in [2.05, 4.69) is 29.1 Å². The quantitative estimate of drug-likeness (QED) is 0.133. The Kier molecular flexibility index (Phi) is 10.4. The lowest BCUT2D eigenvalue weighted by atomic mass is 9.71. The summed E-state index contributed by atoms with van der Waals surface area (Å²) in [4.78, 5) is 45.5. The number of hydrogen-bond donors (Lipinski definition) is 1. The lowest BCUT2D eigenvalue weighted by Crippen LogP contribution is -2.55. The van der Waals surface area contributed by atoms with Crippen LogP contribution in [0.3, 0.4) is 0 Å². The first-order valence-corrected chi connectivity index (χ1v) is 15.7. The molecule has 0 saturated carbocycles. The van der Waals surface area contributed by atoms with Crippen LogP contribution in [0.25, 0.3) is 0 Å². The summed E-state index contributed by atoms with van der Waals surface area (Å²) in [6, 6.07) is 6.54. The lowest BCUT2D eigenvalue weighted by Gasteiger charge is -2.37. The molecule has 40 heavy (non-hydrogen) atoms. The number of likely N-dealkylation sites (tertiary alicyclic amines) is 1. The second kappa shape index (κ2) is 13.6. The van der Waals surface area contributed by atoms with Crippen LogP contribution in [0.1, 0.15) is 38.5 Å². The second-order valence-electron chi connectivity index (χ2n) is 10.5. The first kappa shape index (κ1) is 30.7. The highest BCUT2D eigenvalue weighted by Crippen LogP contribution is 2.68. The molecule has 1 aromatic carbocycles. The van der Waals surface area contributed by atoms with Gasteiger partial charge in [0.15, 0.2) is 0 Å². The number of thioether (sulfide) groups is 1. The standard InChI is InChI=1S/C30H39BrN2O6S/c1-4-6-18-39-29(37)23-24-27(35)33(16-9-7-8-10-17-34)26(30(24)19-22(31)25(23)40-30)28(36)32(15-5-2)20-11-13-21(38-3)14-12-20/h4-5,11-14,22-26,34H,1-2,6-10,15-19H2,3H3/t22?,23-,24+,25-,26?,30?/m1/s1. The van der Waals surface area contributed by atoms with Gasteiger partial charge in [0.25, 0.3) is 5.91 Å². The Hall–Kier alpha value is -2.30. The van der Waals surface area contributed by atoms with Crippen LogP contribution >= 0.6 is 27.7 Å². The summed E-state index contributed by atoms with van der Waals surface area (Å²) in [5.41, 5.74) is 0.689. The van der Waals surface area contributed by atoms with E-state index in [9.17, 15) is 14.4 Å². The number of methoxy groups -OCH3 is 1. The number of nitrogens with zero attached hydrogens (tertiary/aromatic N) is 2. The molecule has 1 N–H and O–H groups in total. The van der Waals surface area contributed by atoms with E-state index in [4.69, 9.17) is 14.6 Å². The monoisotopic (exact) mass is 634 g/mol. The van der Waals surface area contributed by atoms with E-state index in [-0.39, 0.29) is 47.6 Å². The number of amides is 2. The molecule has 218 valence electrons. The number of fused-ring (bicyclic) bond motifs is 1. The number of ether oxygens (including phenoxy) is 2. The van der Waals surface area contributed by atoms with Crippen molar-refractivity contribution >= 4 is 51.2 Å². The molecule has 0 aromatic heterocycles. The zero-order chi connectivity index (χ0) is 28.9. The molecule has 0 radical (unpaired) electrons. The lowest BCUT2D eigenvalue weighted by molar-refractivity contribution is -0.154. The maximum Gasteiger partial charge on any atom is 0.310 e. The van der Waals surface area contributed by atoms with Crippen LogP contribution in [0.2, 0.25) is 0 Å². The van der Waals surface area contributed by atoms with E-state index < -0.39 is 22.6 Å². The summed E-state index contributed by atoms with van der Waals surface area (Å²) >= 11 is 5.39. The maximum atomic E-state index is 14.6. The molecule has 3 aliphatic heterocycles. The average Bonchev–Trinajstić information content (AvgIpc) is 3.54. The van der Waals surface area contributed by atoms with Crippen molar-refractivity contribution in [2.24, 2.45) is 11.8 Å². The van der Waals surface area contributed by atoms with Gasteiger partial charge in [0.1, 0.15) is 11.8 Å². The number of unbranched alkanes of at least 4 members (excludes halogenated alkanes) is 3. The van der Waals surface area contributed by atoms with Crippen LogP contribution < -0.4 is 9.64 Å². The second-order valence-corrected chi connectivity index (χ2v) is 13.2. The Morgan fingerprint density at radius 3 is 2.58 bits per heavy atom. The van der Waals surface area contributed by atoms with Gasteiger partial charge in [-0.2, -0.15) is 0 Å². The molecule has 2 amide bonds. The largest absolute Gasteiger partial charge is 0.497 e. The number of halogens is 1. The average molecular weight is 636 g/mol. The molecule has 4 rings (SSSR count). The summed E-state index contributed by atoms with van der Waals surface area (Å²) < 4.78 is 10.2. The molecule has 1 aromatic rings. The SMILES string of the molecule is C=CCCOC(=O)[C@H]1[C@@H]2SC3(CC2Br)C(C(=O)N(CC=C)c2ccc(OC)cc2)N(CCCCCCO)C(=O)[C@H]13. The van der Waals surface area contributed by atoms with Gasteiger partial charge in [-0.3, -0.25) is 14.4 Å².